The SMILES string of the molecule is CN(C(=O)CCN1Cc2cc(OC3=CCCC=C3)ccc2N=C1N)C1CCCCC1. The second kappa shape index (κ2) is 9.37. The van der Waals surface area contributed by atoms with Gasteiger partial charge in [0.1, 0.15) is 11.5 Å². The van der Waals surface area contributed by atoms with Gasteiger partial charge in [0, 0.05) is 38.2 Å². The minimum absolute atomic E-state index is 0.189. The molecule has 30 heavy (non-hydrogen) atoms. The number of rotatable bonds is 6. The van der Waals surface area contributed by atoms with E-state index in [4.69, 9.17) is 10.5 Å². The summed E-state index contributed by atoms with van der Waals surface area (Å²) in [7, 11) is 1.94. The van der Waals surface area contributed by atoms with Gasteiger partial charge in [-0.2, -0.15) is 0 Å². The molecule has 2 N–H and O–H groups in total. The van der Waals surface area contributed by atoms with Crippen LogP contribution in [0.4, 0.5) is 5.69 Å². The van der Waals surface area contributed by atoms with Crippen LogP contribution in [-0.2, 0) is 11.3 Å². The van der Waals surface area contributed by atoms with E-state index < -0.39 is 0 Å². The number of allylic oxidation sites excluding steroid dienone is 3. The van der Waals surface area contributed by atoms with Crippen LogP contribution in [0.25, 0.3) is 0 Å². The molecule has 1 aliphatic heterocycles. The predicted octanol–water partition coefficient (Wildman–Crippen LogP) is 4.24. The smallest absolute Gasteiger partial charge is 0.224 e. The number of guanidine groups is 1. The maximum atomic E-state index is 12.7. The standard InChI is InChI=1S/C24H32N4O2/c1-27(19-8-4-2-5-9-19)23(29)14-15-28-17-18-16-21(12-13-22(18)26-24(28)25)30-20-10-6-3-7-11-20/h6,10-13,16,19H,2-5,7-9,14-15,17H2,1H3,(H2,25,26). The highest BCUT2D eigenvalue weighted by atomic mass is 16.5. The number of carbonyl (C=O) groups is 1. The molecular weight excluding hydrogens is 376 g/mol. The number of hydrogen-bond donors (Lipinski definition) is 1. The van der Waals surface area contributed by atoms with E-state index in [-0.39, 0.29) is 5.91 Å². The lowest BCUT2D eigenvalue weighted by Crippen LogP contribution is -2.43. The van der Waals surface area contributed by atoms with Gasteiger partial charge in [-0.05, 0) is 56.0 Å². The van der Waals surface area contributed by atoms with Crippen molar-refractivity contribution in [3.63, 3.8) is 0 Å². The van der Waals surface area contributed by atoms with E-state index in [1.54, 1.807) is 0 Å². The highest BCUT2D eigenvalue weighted by molar-refractivity contribution is 5.84. The summed E-state index contributed by atoms with van der Waals surface area (Å²) in [5.41, 5.74) is 8.12. The van der Waals surface area contributed by atoms with E-state index >= 15 is 0 Å². The number of hydrogen-bond acceptors (Lipinski definition) is 5. The normalized spacial score (nSPS) is 19.0. The number of ether oxygens (including phenoxy) is 1. The van der Waals surface area contributed by atoms with Crippen molar-refractivity contribution in [1.29, 1.82) is 0 Å². The molecule has 0 bridgehead atoms. The molecule has 1 amide bonds. The van der Waals surface area contributed by atoms with Crippen LogP contribution in [0.15, 0.2) is 47.2 Å². The van der Waals surface area contributed by atoms with Crippen LogP contribution < -0.4 is 10.5 Å². The second-order valence-corrected chi connectivity index (χ2v) is 8.42. The summed E-state index contributed by atoms with van der Waals surface area (Å²) < 4.78 is 6.00. The van der Waals surface area contributed by atoms with E-state index in [1.807, 2.05) is 41.1 Å². The van der Waals surface area contributed by atoms with Crippen molar-refractivity contribution in [3.8, 4) is 5.75 Å². The molecule has 0 aromatic heterocycles. The quantitative estimate of drug-likeness (QED) is 0.764. The van der Waals surface area contributed by atoms with Gasteiger partial charge in [0.2, 0.25) is 5.91 Å². The van der Waals surface area contributed by atoms with E-state index in [9.17, 15) is 4.79 Å². The van der Waals surface area contributed by atoms with Gasteiger partial charge in [-0.1, -0.05) is 25.3 Å². The number of aliphatic imine (C=N–C) groups is 1. The first-order valence-electron chi connectivity index (χ1n) is 11.1. The summed E-state index contributed by atoms with van der Waals surface area (Å²) in [6.45, 7) is 1.21. The lowest BCUT2D eigenvalue weighted by atomic mass is 9.94. The molecule has 0 saturated heterocycles. The number of carbonyl (C=O) groups excluding carboxylic acids is 1. The van der Waals surface area contributed by atoms with Crippen molar-refractivity contribution in [2.24, 2.45) is 10.7 Å². The Hall–Kier alpha value is -2.76. The number of nitrogens with zero attached hydrogens (tertiary/aromatic N) is 3. The van der Waals surface area contributed by atoms with Gasteiger partial charge in [0.15, 0.2) is 5.96 Å². The fraction of sp³-hybridized carbons (Fsp3) is 0.500. The zero-order valence-corrected chi connectivity index (χ0v) is 17.8. The number of nitrogens with two attached hydrogens (primary N) is 1. The molecule has 6 nitrogen and oxygen atoms in total. The minimum atomic E-state index is 0.189. The van der Waals surface area contributed by atoms with Gasteiger partial charge in [-0.15, -0.1) is 0 Å². The largest absolute Gasteiger partial charge is 0.458 e. The van der Waals surface area contributed by atoms with Gasteiger partial charge in [-0.3, -0.25) is 4.79 Å². The molecule has 6 heteroatoms. The zero-order valence-electron chi connectivity index (χ0n) is 17.8. The van der Waals surface area contributed by atoms with Crippen molar-refractivity contribution in [2.75, 3.05) is 13.6 Å². The second-order valence-electron chi connectivity index (χ2n) is 8.42. The van der Waals surface area contributed by atoms with Gasteiger partial charge in [0.25, 0.3) is 0 Å². The van der Waals surface area contributed by atoms with Crippen LogP contribution in [0.2, 0.25) is 0 Å². The van der Waals surface area contributed by atoms with Gasteiger partial charge in [-0.25, -0.2) is 4.99 Å². The lowest BCUT2D eigenvalue weighted by molar-refractivity contribution is -0.132. The first-order valence-corrected chi connectivity index (χ1v) is 11.1. The summed E-state index contributed by atoms with van der Waals surface area (Å²) in [5.74, 6) is 2.35. The topological polar surface area (TPSA) is 71.2 Å². The summed E-state index contributed by atoms with van der Waals surface area (Å²) in [6, 6.07) is 6.29. The van der Waals surface area contributed by atoms with Gasteiger partial charge < -0.3 is 20.3 Å². The Labute approximate surface area is 179 Å². The van der Waals surface area contributed by atoms with E-state index in [0.29, 0.717) is 31.5 Å². The number of fused-ring (bicyclic) bond motifs is 1. The predicted molar refractivity (Wildman–Crippen MR) is 119 cm³/mol. The van der Waals surface area contributed by atoms with Crippen molar-refractivity contribution in [1.82, 2.24) is 9.80 Å². The maximum Gasteiger partial charge on any atom is 0.224 e. The Kier molecular flexibility index (Phi) is 6.41. The summed E-state index contributed by atoms with van der Waals surface area (Å²) in [6.07, 6.45) is 14.8. The fourth-order valence-corrected chi connectivity index (χ4v) is 4.42. The monoisotopic (exact) mass is 408 g/mol. The lowest BCUT2D eigenvalue weighted by Gasteiger charge is -2.33. The highest BCUT2D eigenvalue weighted by Crippen LogP contribution is 2.30. The first-order chi connectivity index (χ1) is 14.6. The molecular formula is C24H32N4O2. The molecule has 1 fully saturated rings. The molecule has 0 radical (unpaired) electrons. The van der Waals surface area contributed by atoms with Crippen LogP contribution >= 0.6 is 0 Å². The molecule has 0 spiro atoms. The molecule has 1 heterocycles. The minimum Gasteiger partial charge on any atom is -0.458 e. The molecule has 4 rings (SSSR count). The molecule has 1 aromatic carbocycles. The molecule has 1 aromatic rings. The average molecular weight is 409 g/mol. The summed E-state index contributed by atoms with van der Waals surface area (Å²) in [4.78, 5) is 21.2. The Balaban J connectivity index is 1.36. The number of amides is 1. The van der Waals surface area contributed by atoms with E-state index in [1.165, 1.54) is 19.3 Å². The Morgan fingerprint density at radius 1 is 1.27 bits per heavy atom. The average Bonchev–Trinajstić information content (AvgIpc) is 2.78. The van der Waals surface area contributed by atoms with Gasteiger partial charge >= 0.3 is 0 Å². The van der Waals surface area contributed by atoms with Crippen LogP contribution in [0.3, 0.4) is 0 Å². The van der Waals surface area contributed by atoms with E-state index in [2.05, 4.69) is 17.1 Å². The van der Waals surface area contributed by atoms with Crippen molar-refractivity contribution < 1.29 is 9.53 Å². The molecule has 160 valence electrons. The molecule has 1 saturated carbocycles. The third kappa shape index (κ3) is 4.86. The third-order valence-corrected chi connectivity index (χ3v) is 6.28. The van der Waals surface area contributed by atoms with Crippen molar-refractivity contribution in [3.05, 3.63) is 47.7 Å². The first kappa shape index (κ1) is 20.5. The van der Waals surface area contributed by atoms with Crippen LogP contribution in [0.5, 0.6) is 5.75 Å². The summed E-state index contributed by atoms with van der Waals surface area (Å²) in [5, 5.41) is 0. The number of benzene rings is 1. The molecule has 2 aliphatic carbocycles. The maximum absolute atomic E-state index is 12.7. The Bertz CT molecular complexity index is 868. The third-order valence-electron chi connectivity index (χ3n) is 6.28. The highest BCUT2D eigenvalue weighted by Gasteiger charge is 2.24. The van der Waals surface area contributed by atoms with Crippen molar-refractivity contribution in [2.45, 2.75) is 64.0 Å². The molecule has 0 unspecified atom stereocenters. The van der Waals surface area contributed by atoms with Crippen molar-refractivity contribution >= 4 is 17.6 Å². The molecule has 3 aliphatic rings. The Morgan fingerprint density at radius 3 is 2.87 bits per heavy atom. The van der Waals surface area contributed by atoms with Crippen LogP contribution in [-0.4, -0.2) is 41.3 Å². The summed E-state index contributed by atoms with van der Waals surface area (Å²) >= 11 is 0. The fourth-order valence-electron chi connectivity index (χ4n) is 4.42. The van der Waals surface area contributed by atoms with Crippen LogP contribution in [0.1, 0.15) is 56.9 Å². The molecule has 0 atom stereocenters. The van der Waals surface area contributed by atoms with Gasteiger partial charge in [0.05, 0.1) is 5.69 Å². The van der Waals surface area contributed by atoms with Crippen LogP contribution in [0, 0.1) is 0 Å². The van der Waals surface area contributed by atoms with E-state index in [0.717, 1.165) is 48.4 Å². The zero-order chi connectivity index (χ0) is 20.9. The Morgan fingerprint density at radius 2 is 2.10 bits per heavy atom.